The van der Waals surface area contributed by atoms with Crippen LogP contribution in [0.3, 0.4) is 0 Å². The molecule has 26 heavy (non-hydrogen) atoms. The van der Waals surface area contributed by atoms with E-state index in [-0.39, 0.29) is 18.4 Å². The number of anilines is 1. The number of esters is 1. The Kier molecular flexibility index (Phi) is 5.90. The van der Waals surface area contributed by atoms with Gasteiger partial charge in [-0.1, -0.05) is 0 Å². The van der Waals surface area contributed by atoms with Crippen LogP contribution >= 0.6 is 11.3 Å². The van der Waals surface area contributed by atoms with Crippen LogP contribution in [0.4, 0.5) is 5.69 Å². The highest BCUT2D eigenvalue weighted by atomic mass is 32.1. The van der Waals surface area contributed by atoms with Gasteiger partial charge in [0.15, 0.2) is 0 Å². The van der Waals surface area contributed by atoms with Crippen LogP contribution in [0.1, 0.15) is 23.0 Å². The Bertz CT molecular complexity index is 778. The SMILES string of the molecule is CCOC(=O)c1sc(-c2ccc(OC)cc2)cc1NC(=O)C1CCOC1. The third kappa shape index (κ3) is 4.05. The number of carbonyl (C=O) groups is 2. The lowest BCUT2D eigenvalue weighted by Gasteiger charge is -2.09. The third-order valence-electron chi connectivity index (χ3n) is 4.13. The van der Waals surface area contributed by atoms with Crippen LogP contribution in [0.15, 0.2) is 30.3 Å². The highest BCUT2D eigenvalue weighted by Gasteiger charge is 2.26. The molecule has 0 saturated carbocycles. The summed E-state index contributed by atoms with van der Waals surface area (Å²) in [5.74, 6) is 0.00225. The van der Waals surface area contributed by atoms with Crippen molar-refractivity contribution >= 4 is 28.9 Å². The number of hydrogen-bond acceptors (Lipinski definition) is 6. The number of hydrogen-bond donors (Lipinski definition) is 1. The number of rotatable bonds is 6. The van der Waals surface area contributed by atoms with E-state index in [9.17, 15) is 9.59 Å². The van der Waals surface area contributed by atoms with Gasteiger partial charge in [-0.2, -0.15) is 0 Å². The summed E-state index contributed by atoms with van der Waals surface area (Å²) in [5.41, 5.74) is 1.42. The van der Waals surface area contributed by atoms with Crippen molar-refractivity contribution in [2.75, 3.05) is 32.2 Å². The molecule has 7 heteroatoms. The lowest BCUT2D eigenvalue weighted by molar-refractivity contribution is -0.119. The number of benzene rings is 1. The second-order valence-electron chi connectivity index (χ2n) is 5.85. The van der Waals surface area contributed by atoms with Crippen LogP contribution in [-0.2, 0) is 14.3 Å². The molecule has 1 aromatic carbocycles. The van der Waals surface area contributed by atoms with Crippen molar-refractivity contribution < 1.29 is 23.8 Å². The fourth-order valence-electron chi connectivity index (χ4n) is 2.71. The van der Waals surface area contributed by atoms with Crippen molar-refractivity contribution in [3.8, 4) is 16.2 Å². The molecule has 0 radical (unpaired) electrons. The molecule has 6 nitrogen and oxygen atoms in total. The minimum absolute atomic E-state index is 0.132. The topological polar surface area (TPSA) is 73.9 Å². The van der Waals surface area contributed by atoms with Gasteiger partial charge < -0.3 is 19.5 Å². The number of methoxy groups -OCH3 is 1. The molecule has 0 spiro atoms. The zero-order valence-electron chi connectivity index (χ0n) is 14.7. The highest BCUT2D eigenvalue weighted by Crippen LogP contribution is 2.36. The molecule has 2 aromatic rings. The Morgan fingerprint density at radius 3 is 2.69 bits per heavy atom. The molecule has 3 rings (SSSR count). The predicted octanol–water partition coefficient (Wildman–Crippen LogP) is 3.58. The Hall–Kier alpha value is -2.38. The molecule has 0 bridgehead atoms. The van der Waals surface area contributed by atoms with Gasteiger partial charge in [0.1, 0.15) is 10.6 Å². The molecule has 2 heterocycles. The van der Waals surface area contributed by atoms with Crippen LogP contribution in [-0.4, -0.2) is 38.8 Å². The maximum Gasteiger partial charge on any atom is 0.350 e. The zero-order valence-corrected chi connectivity index (χ0v) is 15.6. The smallest absolute Gasteiger partial charge is 0.350 e. The predicted molar refractivity (Wildman–Crippen MR) is 99.8 cm³/mol. The monoisotopic (exact) mass is 375 g/mol. The van der Waals surface area contributed by atoms with Crippen molar-refractivity contribution in [1.82, 2.24) is 0 Å². The number of amides is 1. The van der Waals surface area contributed by atoms with Crippen LogP contribution in [0.25, 0.3) is 10.4 Å². The molecule has 1 amide bonds. The number of thiophene rings is 1. The summed E-state index contributed by atoms with van der Waals surface area (Å²) in [7, 11) is 1.61. The van der Waals surface area contributed by atoms with Crippen molar-refractivity contribution in [1.29, 1.82) is 0 Å². The molecule has 1 N–H and O–H groups in total. The first-order chi connectivity index (χ1) is 12.6. The Labute approximate surface area is 156 Å². The van der Waals surface area contributed by atoms with Crippen molar-refractivity contribution in [2.24, 2.45) is 5.92 Å². The van der Waals surface area contributed by atoms with Gasteiger partial charge in [0.2, 0.25) is 5.91 Å². The molecule has 1 aromatic heterocycles. The second-order valence-corrected chi connectivity index (χ2v) is 6.90. The van der Waals surface area contributed by atoms with Gasteiger partial charge in [-0.05, 0) is 49.2 Å². The van der Waals surface area contributed by atoms with E-state index in [0.29, 0.717) is 30.2 Å². The lowest BCUT2D eigenvalue weighted by atomic mass is 10.1. The molecular weight excluding hydrogens is 354 g/mol. The Morgan fingerprint density at radius 1 is 1.31 bits per heavy atom. The van der Waals surface area contributed by atoms with Crippen LogP contribution < -0.4 is 10.1 Å². The summed E-state index contributed by atoms with van der Waals surface area (Å²) in [6.07, 6.45) is 0.691. The van der Waals surface area contributed by atoms with Gasteiger partial charge in [0.25, 0.3) is 0 Å². The zero-order chi connectivity index (χ0) is 18.5. The third-order valence-corrected chi connectivity index (χ3v) is 5.29. The van der Waals surface area contributed by atoms with Gasteiger partial charge in [-0.15, -0.1) is 11.3 Å². The largest absolute Gasteiger partial charge is 0.497 e. The van der Waals surface area contributed by atoms with E-state index in [2.05, 4.69) is 5.32 Å². The summed E-state index contributed by atoms with van der Waals surface area (Å²) in [5, 5.41) is 2.87. The summed E-state index contributed by atoms with van der Waals surface area (Å²) >= 11 is 1.30. The first-order valence-electron chi connectivity index (χ1n) is 8.46. The van der Waals surface area contributed by atoms with E-state index in [1.165, 1.54) is 11.3 Å². The first kappa shape index (κ1) is 18.4. The first-order valence-corrected chi connectivity index (χ1v) is 9.28. The van der Waals surface area contributed by atoms with Crippen molar-refractivity contribution in [3.05, 3.63) is 35.2 Å². The van der Waals surface area contributed by atoms with Gasteiger partial charge in [0.05, 0.1) is 31.9 Å². The van der Waals surface area contributed by atoms with Gasteiger partial charge in [-0.3, -0.25) is 4.79 Å². The average molecular weight is 375 g/mol. The molecular formula is C19H21NO5S. The van der Waals surface area contributed by atoms with E-state index >= 15 is 0 Å². The Balaban J connectivity index is 1.88. The summed E-state index contributed by atoms with van der Waals surface area (Å²) < 4.78 is 15.6. The summed E-state index contributed by atoms with van der Waals surface area (Å²) in [4.78, 5) is 26.0. The van der Waals surface area contributed by atoms with Gasteiger partial charge in [0, 0.05) is 11.5 Å². The van der Waals surface area contributed by atoms with Crippen molar-refractivity contribution in [2.45, 2.75) is 13.3 Å². The minimum Gasteiger partial charge on any atom is -0.497 e. The normalized spacial score (nSPS) is 16.3. The van der Waals surface area contributed by atoms with Gasteiger partial charge in [-0.25, -0.2) is 4.79 Å². The quantitative estimate of drug-likeness (QED) is 0.781. The fourth-order valence-corrected chi connectivity index (χ4v) is 3.72. The maximum atomic E-state index is 12.4. The average Bonchev–Trinajstić information content (AvgIpc) is 3.32. The molecule has 1 fully saturated rings. The molecule has 0 aliphatic carbocycles. The molecule has 1 atom stereocenters. The van der Waals surface area contributed by atoms with E-state index in [1.807, 2.05) is 30.3 Å². The van der Waals surface area contributed by atoms with E-state index < -0.39 is 5.97 Å². The van der Waals surface area contributed by atoms with Crippen LogP contribution in [0.2, 0.25) is 0 Å². The number of ether oxygens (including phenoxy) is 3. The maximum absolute atomic E-state index is 12.4. The molecule has 138 valence electrons. The molecule has 1 aliphatic rings. The number of carbonyl (C=O) groups excluding carboxylic acids is 2. The fraction of sp³-hybridized carbons (Fsp3) is 0.368. The molecule has 1 aliphatic heterocycles. The van der Waals surface area contributed by atoms with E-state index in [4.69, 9.17) is 14.2 Å². The van der Waals surface area contributed by atoms with E-state index in [0.717, 1.165) is 16.2 Å². The molecule has 1 unspecified atom stereocenters. The second kappa shape index (κ2) is 8.33. The summed E-state index contributed by atoms with van der Waals surface area (Å²) in [6.45, 7) is 3.03. The standard InChI is InChI=1S/C19H21NO5S/c1-3-25-19(22)17-15(20-18(21)13-8-9-24-11-13)10-16(26-17)12-4-6-14(23-2)7-5-12/h4-7,10,13H,3,8-9,11H2,1-2H3,(H,20,21). The number of nitrogens with one attached hydrogen (secondary N) is 1. The Morgan fingerprint density at radius 2 is 2.08 bits per heavy atom. The van der Waals surface area contributed by atoms with Crippen LogP contribution in [0, 0.1) is 5.92 Å². The van der Waals surface area contributed by atoms with Crippen LogP contribution in [0.5, 0.6) is 5.75 Å². The van der Waals surface area contributed by atoms with Gasteiger partial charge >= 0.3 is 5.97 Å². The molecule has 1 saturated heterocycles. The van der Waals surface area contributed by atoms with Crippen molar-refractivity contribution in [3.63, 3.8) is 0 Å². The lowest BCUT2D eigenvalue weighted by Crippen LogP contribution is -2.23. The van der Waals surface area contributed by atoms with E-state index in [1.54, 1.807) is 14.0 Å². The summed E-state index contributed by atoms with van der Waals surface area (Å²) in [6, 6.07) is 9.35. The minimum atomic E-state index is -0.435. The highest BCUT2D eigenvalue weighted by molar-refractivity contribution is 7.18.